The van der Waals surface area contributed by atoms with Gasteiger partial charge in [0.15, 0.2) is 0 Å². The topological polar surface area (TPSA) is 3.24 Å². The summed E-state index contributed by atoms with van der Waals surface area (Å²) >= 11 is 0. The summed E-state index contributed by atoms with van der Waals surface area (Å²) in [5.41, 5.74) is 2.89. The first-order chi connectivity index (χ1) is 12.0. The molecule has 0 radical (unpaired) electrons. The third kappa shape index (κ3) is 5.02. The summed E-state index contributed by atoms with van der Waals surface area (Å²) < 4.78 is 0. The van der Waals surface area contributed by atoms with Crippen LogP contribution in [0.1, 0.15) is 84.1 Å². The highest BCUT2D eigenvalue weighted by molar-refractivity contribution is 5.48. The van der Waals surface area contributed by atoms with E-state index in [0.29, 0.717) is 5.92 Å². The van der Waals surface area contributed by atoms with Crippen LogP contribution in [0.3, 0.4) is 0 Å². The minimum atomic E-state index is 0.630. The van der Waals surface area contributed by atoms with Gasteiger partial charge in [-0.15, -0.1) is 0 Å². The maximum absolute atomic E-state index is 2.61. The molecule has 0 bridgehead atoms. The van der Waals surface area contributed by atoms with Gasteiger partial charge < -0.3 is 4.90 Å². The molecule has 1 nitrogen and oxygen atoms in total. The summed E-state index contributed by atoms with van der Waals surface area (Å²) in [5.74, 6) is 4.53. The van der Waals surface area contributed by atoms with E-state index in [1.807, 2.05) is 0 Å². The van der Waals surface area contributed by atoms with Crippen molar-refractivity contribution in [3.05, 3.63) is 29.8 Å². The van der Waals surface area contributed by atoms with Gasteiger partial charge in [-0.3, -0.25) is 0 Å². The van der Waals surface area contributed by atoms with Gasteiger partial charge in [0, 0.05) is 18.8 Å². The summed E-state index contributed by atoms with van der Waals surface area (Å²) in [7, 11) is 0. The molecule has 2 fully saturated rings. The molecule has 1 heteroatoms. The first-order valence-corrected chi connectivity index (χ1v) is 10.9. The minimum absolute atomic E-state index is 0.630. The van der Waals surface area contributed by atoms with Crippen LogP contribution in [0.5, 0.6) is 0 Å². The Hall–Kier alpha value is -0.980. The van der Waals surface area contributed by atoms with Crippen molar-refractivity contribution in [1.29, 1.82) is 0 Å². The van der Waals surface area contributed by atoms with Gasteiger partial charge in [-0.25, -0.2) is 0 Å². The molecule has 1 aromatic carbocycles. The fourth-order valence-electron chi connectivity index (χ4n) is 5.06. The van der Waals surface area contributed by atoms with Gasteiger partial charge >= 0.3 is 0 Å². The van der Waals surface area contributed by atoms with E-state index in [1.165, 1.54) is 69.3 Å². The highest BCUT2D eigenvalue weighted by Crippen LogP contribution is 2.38. The van der Waals surface area contributed by atoms with E-state index >= 15 is 0 Å². The third-order valence-corrected chi connectivity index (χ3v) is 7.04. The van der Waals surface area contributed by atoms with E-state index in [2.05, 4.69) is 56.9 Å². The average Bonchev–Trinajstić information content (AvgIpc) is 2.63. The Morgan fingerprint density at radius 2 is 1.36 bits per heavy atom. The number of piperidine rings is 1. The van der Waals surface area contributed by atoms with E-state index in [-0.39, 0.29) is 0 Å². The van der Waals surface area contributed by atoms with Gasteiger partial charge in [0.05, 0.1) is 0 Å². The van der Waals surface area contributed by atoms with Crippen LogP contribution in [0, 0.1) is 23.7 Å². The standard InChI is InChI=1S/C24H39N/c1-18(2)22-7-5-20(6-8-22)17-21-13-15-25(16-14-21)24-11-9-23(10-12-24)19(3)4/h9-12,18-22H,5-8,13-17H2,1-4H3. The summed E-state index contributed by atoms with van der Waals surface area (Å²) in [5, 5.41) is 0. The highest BCUT2D eigenvalue weighted by atomic mass is 15.1. The van der Waals surface area contributed by atoms with E-state index in [9.17, 15) is 0 Å². The SMILES string of the molecule is CC(C)c1ccc(N2CCC(CC3CCC(C(C)C)CC3)CC2)cc1. The van der Waals surface area contributed by atoms with Crippen molar-refractivity contribution in [2.24, 2.45) is 23.7 Å². The Morgan fingerprint density at radius 3 is 1.88 bits per heavy atom. The normalized spacial score (nSPS) is 25.8. The molecule has 0 atom stereocenters. The summed E-state index contributed by atoms with van der Waals surface area (Å²) in [6, 6.07) is 9.31. The first kappa shape index (κ1) is 18.8. The van der Waals surface area contributed by atoms with Crippen LogP contribution in [0.2, 0.25) is 0 Å². The van der Waals surface area contributed by atoms with Crippen LogP contribution >= 0.6 is 0 Å². The van der Waals surface area contributed by atoms with Crippen molar-refractivity contribution >= 4 is 5.69 Å². The second-order valence-corrected chi connectivity index (χ2v) is 9.44. The largest absolute Gasteiger partial charge is 0.372 e. The molecule has 2 aliphatic rings. The number of rotatable bonds is 5. The fraction of sp³-hybridized carbons (Fsp3) is 0.750. The molecule has 0 amide bonds. The molecule has 140 valence electrons. The van der Waals surface area contributed by atoms with Gasteiger partial charge in [0.25, 0.3) is 0 Å². The number of nitrogens with zero attached hydrogens (tertiary/aromatic N) is 1. The van der Waals surface area contributed by atoms with E-state index < -0.39 is 0 Å². The fourth-order valence-corrected chi connectivity index (χ4v) is 5.06. The number of benzene rings is 1. The molecular formula is C24H39N. The van der Waals surface area contributed by atoms with Crippen LogP contribution in [-0.4, -0.2) is 13.1 Å². The smallest absolute Gasteiger partial charge is 0.0366 e. The molecule has 1 saturated heterocycles. The number of hydrogen-bond donors (Lipinski definition) is 0. The molecule has 1 saturated carbocycles. The van der Waals surface area contributed by atoms with Crippen LogP contribution in [0.15, 0.2) is 24.3 Å². The van der Waals surface area contributed by atoms with Crippen LogP contribution in [0.4, 0.5) is 5.69 Å². The van der Waals surface area contributed by atoms with Gasteiger partial charge in [-0.05, 0) is 79.4 Å². The average molecular weight is 342 g/mol. The molecule has 1 aliphatic heterocycles. The van der Waals surface area contributed by atoms with Crippen molar-refractivity contribution < 1.29 is 0 Å². The molecule has 0 N–H and O–H groups in total. The Kier molecular flexibility index (Phi) is 6.47. The first-order valence-electron chi connectivity index (χ1n) is 10.9. The van der Waals surface area contributed by atoms with E-state index in [0.717, 1.165) is 23.7 Å². The second kappa shape index (κ2) is 8.60. The number of hydrogen-bond acceptors (Lipinski definition) is 1. The molecule has 1 aliphatic carbocycles. The lowest BCUT2D eigenvalue weighted by Crippen LogP contribution is -2.34. The lowest BCUT2D eigenvalue weighted by molar-refractivity contribution is 0.191. The third-order valence-electron chi connectivity index (χ3n) is 7.04. The molecule has 0 unspecified atom stereocenters. The molecule has 3 rings (SSSR count). The van der Waals surface area contributed by atoms with Crippen LogP contribution in [0.25, 0.3) is 0 Å². The molecule has 0 aromatic heterocycles. The van der Waals surface area contributed by atoms with Crippen LogP contribution < -0.4 is 4.90 Å². The van der Waals surface area contributed by atoms with Crippen molar-refractivity contribution in [2.75, 3.05) is 18.0 Å². The minimum Gasteiger partial charge on any atom is -0.372 e. The molecule has 0 spiro atoms. The molecule has 25 heavy (non-hydrogen) atoms. The van der Waals surface area contributed by atoms with Gasteiger partial charge in [-0.1, -0.05) is 52.7 Å². The Morgan fingerprint density at radius 1 is 0.800 bits per heavy atom. The maximum Gasteiger partial charge on any atom is 0.0366 e. The van der Waals surface area contributed by atoms with Crippen molar-refractivity contribution in [1.82, 2.24) is 0 Å². The zero-order valence-corrected chi connectivity index (χ0v) is 17.0. The monoisotopic (exact) mass is 341 g/mol. The second-order valence-electron chi connectivity index (χ2n) is 9.44. The predicted molar refractivity (Wildman–Crippen MR) is 110 cm³/mol. The van der Waals surface area contributed by atoms with Crippen LogP contribution in [-0.2, 0) is 0 Å². The Balaban J connectivity index is 1.43. The molecular weight excluding hydrogens is 302 g/mol. The summed E-state index contributed by atoms with van der Waals surface area (Å²) in [4.78, 5) is 2.61. The Bertz CT molecular complexity index is 499. The maximum atomic E-state index is 2.61. The van der Waals surface area contributed by atoms with Crippen molar-refractivity contribution in [3.63, 3.8) is 0 Å². The highest BCUT2D eigenvalue weighted by Gasteiger charge is 2.27. The van der Waals surface area contributed by atoms with Crippen molar-refractivity contribution in [2.45, 2.75) is 78.6 Å². The number of anilines is 1. The zero-order chi connectivity index (χ0) is 17.8. The molecule has 1 aromatic rings. The lowest BCUT2D eigenvalue weighted by atomic mass is 9.73. The van der Waals surface area contributed by atoms with Gasteiger partial charge in [-0.2, -0.15) is 0 Å². The van der Waals surface area contributed by atoms with E-state index in [4.69, 9.17) is 0 Å². The predicted octanol–water partition coefficient (Wildman–Crippen LogP) is 6.88. The summed E-state index contributed by atoms with van der Waals surface area (Å²) in [6.45, 7) is 11.9. The van der Waals surface area contributed by atoms with E-state index in [1.54, 1.807) is 0 Å². The van der Waals surface area contributed by atoms with Crippen molar-refractivity contribution in [3.8, 4) is 0 Å². The zero-order valence-electron chi connectivity index (χ0n) is 17.0. The van der Waals surface area contributed by atoms with Gasteiger partial charge in [0.1, 0.15) is 0 Å². The Labute approximate surface area is 156 Å². The molecule has 1 heterocycles. The summed E-state index contributed by atoms with van der Waals surface area (Å²) in [6.07, 6.45) is 10.3. The lowest BCUT2D eigenvalue weighted by Gasteiger charge is -2.37. The quantitative estimate of drug-likeness (QED) is 0.564. The van der Waals surface area contributed by atoms with Gasteiger partial charge in [0.2, 0.25) is 0 Å².